The van der Waals surface area contributed by atoms with Crippen LogP contribution in [0.2, 0.25) is 0 Å². The molecule has 1 aromatic carbocycles. The zero-order chi connectivity index (χ0) is 15.5. The van der Waals surface area contributed by atoms with E-state index >= 15 is 0 Å². The quantitative estimate of drug-likeness (QED) is 0.862. The third-order valence-electron chi connectivity index (χ3n) is 3.99. The van der Waals surface area contributed by atoms with E-state index in [9.17, 15) is 14.0 Å². The molecule has 2 N–H and O–H groups in total. The molecule has 6 nitrogen and oxygen atoms in total. The van der Waals surface area contributed by atoms with Gasteiger partial charge in [0.1, 0.15) is 5.82 Å². The first-order valence-electron chi connectivity index (χ1n) is 7.46. The molecule has 2 heterocycles. The molecule has 2 fully saturated rings. The summed E-state index contributed by atoms with van der Waals surface area (Å²) in [4.78, 5) is 26.3. The number of piperazine rings is 1. The molecule has 0 aromatic heterocycles. The molecule has 0 bridgehead atoms. The molecular weight excluding hydrogens is 287 g/mol. The van der Waals surface area contributed by atoms with Crippen molar-refractivity contribution >= 4 is 17.6 Å². The first kappa shape index (κ1) is 14.8. The summed E-state index contributed by atoms with van der Waals surface area (Å²) in [6, 6.07) is 4.66. The smallest absolute Gasteiger partial charge is 0.324 e. The Morgan fingerprint density at radius 1 is 1.14 bits per heavy atom. The van der Waals surface area contributed by atoms with Crippen LogP contribution in [0.1, 0.15) is 12.0 Å². The van der Waals surface area contributed by atoms with Gasteiger partial charge in [0.2, 0.25) is 5.91 Å². The van der Waals surface area contributed by atoms with Crippen LogP contribution in [-0.4, -0.2) is 49.6 Å². The fourth-order valence-corrected chi connectivity index (χ4v) is 2.78. The van der Waals surface area contributed by atoms with E-state index in [0.29, 0.717) is 18.8 Å². The number of urea groups is 1. The second-order valence-electron chi connectivity index (χ2n) is 5.55. The molecule has 2 aliphatic rings. The van der Waals surface area contributed by atoms with E-state index in [1.807, 2.05) is 11.0 Å². The van der Waals surface area contributed by atoms with Gasteiger partial charge in [-0.2, -0.15) is 0 Å². The number of carbonyl (C=O) groups is 2. The summed E-state index contributed by atoms with van der Waals surface area (Å²) in [6.45, 7) is 3.94. The van der Waals surface area contributed by atoms with Crippen molar-refractivity contribution in [3.8, 4) is 0 Å². The number of halogens is 1. The number of nitrogens with one attached hydrogen (secondary N) is 2. The van der Waals surface area contributed by atoms with E-state index < -0.39 is 6.03 Å². The number of carbonyl (C=O) groups excluding carboxylic acids is 2. The number of imide groups is 1. The van der Waals surface area contributed by atoms with Crippen molar-refractivity contribution in [2.24, 2.45) is 0 Å². The molecule has 22 heavy (non-hydrogen) atoms. The predicted molar refractivity (Wildman–Crippen MR) is 80.0 cm³/mol. The van der Waals surface area contributed by atoms with E-state index in [1.54, 1.807) is 6.07 Å². The Bertz CT molecular complexity index is 587. The minimum atomic E-state index is -0.414. The number of rotatable bonds is 3. The molecular formula is C15H19FN4O2. The van der Waals surface area contributed by atoms with Gasteiger partial charge in [-0.15, -0.1) is 0 Å². The van der Waals surface area contributed by atoms with Gasteiger partial charge in [0.05, 0.1) is 5.69 Å². The minimum absolute atomic E-state index is 0.263. The van der Waals surface area contributed by atoms with Crippen LogP contribution in [0.15, 0.2) is 18.2 Å². The Balaban J connectivity index is 1.69. The third kappa shape index (κ3) is 3.19. The van der Waals surface area contributed by atoms with Crippen LogP contribution in [0, 0.1) is 5.82 Å². The maximum atomic E-state index is 14.3. The monoisotopic (exact) mass is 306 g/mol. The van der Waals surface area contributed by atoms with Gasteiger partial charge in [-0.25, -0.2) is 9.18 Å². The summed E-state index contributed by atoms with van der Waals surface area (Å²) >= 11 is 0. The second-order valence-corrected chi connectivity index (χ2v) is 5.55. The molecule has 0 aliphatic carbocycles. The van der Waals surface area contributed by atoms with Crippen LogP contribution >= 0.6 is 0 Å². The first-order valence-corrected chi connectivity index (χ1v) is 7.46. The molecule has 0 atom stereocenters. The van der Waals surface area contributed by atoms with Crippen LogP contribution in [-0.2, 0) is 11.3 Å². The highest BCUT2D eigenvalue weighted by molar-refractivity contribution is 5.96. The lowest BCUT2D eigenvalue weighted by Gasteiger charge is -2.30. The highest BCUT2D eigenvalue weighted by Gasteiger charge is 2.23. The van der Waals surface area contributed by atoms with Crippen molar-refractivity contribution in [3.05, 3.63) is 29.6 Å². The Labute approximate surface area is 128 Å². The molecule has 2 aliphatic heterocycles. The van der Waals surface area contributed by atoms with E-state index in [2.05, 4.69) is 10.6 Å². The lowest BCUT2D eigenvalue weighted by molar-refractivity contribution is -0.121. The van der Waals surface area contributed by atoms with Gasteiger partial charge in [0.25, 0.3) is 0 Å². The van der Waals surface area contributed by atoms with E-state index in [-0.39, 0.29) is 18.1 Å². The Kier molecular flexibility index (Phi) is 4.24. The van der Waals surface area contributed by atoms with Crippen molar-refractivity contribution in [1.82, 2.24) is 15.5 Å². The normalized spacial score (nSPS) is 19.3. The van der Waals surface area contributed by atoms with Crippen molar-refractivity contribution in [2.75, 3.05) is 37.6 Å². The summed E-state index contributed by atoms with van der Waals surface area (Å²) in [5.74, 6) is -0.533. The van der Waals surface area contributed by atoms with E-state index in [4.69, 9.17) is 0 Å². The number of amides is 3. The van der Waals surface area contributed by atoms with Gasteiger partial charge in [-0.05, 0) is 17.7 Å². The van der Waals surface area contributed by atoms with Gasteiger partial charge in [0.15, 0.2) is 0 Å². The standard InChI is InChI=1S/C15H19FN4O2/c16-12-9-11(10-20-6-3-14(21)18-15(20)22)1-2-13(12)19-7-4-17-5-8-19/h1-2,9,17H,3-8,10H2,(H,18,21,22). The average Bonchev–Trinajstić information content (AvgIpc) is 2.51. The van der Waals surface area contributed by atoms with Crippen molar-refractivity contribution in [2.45, 2.75) is 13.0 Å². The largest absolute Gasteiger partial charge is 0.367 e. The topological polar surface area (TPSA) is 64.7 Å². The van der Waals surface area contributed by atoms with Gasteiger partial charge in [-0.3, -0.25) is 10.1 Å². The Hall–Kier alpha value is -2.15. The molecule has 0 saturated carbocycles. The second kappa shape index (κ2) is 6.31. The molecule has 3 amide bonds. The van der Waals surface area contributed by atoms with E-state index in [0.717, 1.165) is 31.7 Å². The lowest BCUT2D eigenvalue weighted by atomic mass is 10.1. The maximum Gasteiger partial charge on any atom is 0.324 e. The van der Waals surface area contributed by atoms with Gasteiger partial charge >= 0.3 is 6.03 Å². The molecule has 3 rings (SSSR count). The zero-order valence-corrected chi connectivity index (χ0v) is 12.3. The highest BCUT2D eigenvalue weighted by Crippen LogP contribution is 2.22. The average molecular weight is 306 g/mol. The minimum Gasteiger partial charge on any atom is -0.367 e. The summed E-state index contributed by atoms with van der Waals surface area (Å²) in [5.41, 5.74) is 1.32. The van der Waals surface area contributed by atoms with E-state index in [1.165, 1.54) is 11.0 Å². The molecule has 0 unspecified atom stereocenters. The molecule has 2 saturated heterocycles. The van der Waals surface area contributed by atoms with Crippen LogP contribution in [0.3, 0.4) is 0 Å². The fraction of sp³-hybridized carbons (Fsp3) is 0.467. The van der Waals surface area contributed by atoms with Crippen molar-refractivity contribution in [3.63, 3.8) is 0 Å². The maximum absolute atomic E-state index is 14.3. The Morgan fingerprint density at radius 3 is 2.59 bits per heavy atom. The van der Waals surface area contributed by atoms with Crippen molar-refractivity contribution in [1.29, 1.82) is 0 Å². The fourth-order valence-electron chi connectivity index (χ4n) is 2.78. The molecule has 0 spiro atoms. The summed E-state index contributed by atoms with van der Waals surface area (Å²) < 4.78 is 14.3. The zero-order valence-electron chi connectivity index (χ0n) is 12.3. The van der Waals surface area contributed by atoms with Gasteiger partial charge in [0, 0.05) is 45.7 Å². The number of hydrogen-bond acceptors (Lipinski definition) is 4. The summed E-state index contributed by atoms with van der Waals surface area (Å²) in [7, 11) is 0. The number of benzene rings is 1. The summed E-state index contributed by atoms with van der Waals surface area (Å²) in [6.07, 6.45) is 0.285. The number of hydrogen-bond donors (Lipinski definition) is 2. The Morgan fingerprint density at radius 2 is 1.91 bits per heavy atom. The first-order chi connectivity index (χ1) is 10.6. The van der Waals surface area contributed by atoms with Crippen LogP contribution < -0.4 is 15.5 Å². The highest BCUT2D eigenvalue weighted by atomic mass is 19.1. The van der Waals surface area contributed by atoms with Gasteiger partial charge in [-0.1, -0.05) is 6.07 Å². The molecule has 7 heteroatoms. The molecule has 1 aromatic rings. The number of anilines is 1. The molecule has 0 radical (unpaired) electrons. The third-order valence-corrected chi connectivity index (χ3v) is 3.99. The predicted octanol–water partition coefficient (Wildman–Crippen LogP) is 0.677. The van der Waals surface area contributed by atoms with Crippen molar-refractivity contribution < 1.29 is 14.0 Å². The van der Waals surface area contributed by atoms with Gasteiger partial charge < -0.3 is 15.1 Å². The summed E-state index contributed by atoms with van der Waals surface area (Å²) in [5, 5.41) is 5.50. The SMILES string of the molecule is O=C1CCN(Cc2ccc(N3CCNCC3)c(F)c2)C(=O)N1. The number of nitrogens with zero attached hydrogens (tertiary/aromatic N) is 2. The molecule has 118 valence electrons. The van der Waals surface area contributed by atoms with Crippen LogP contribution in [0.25, 0.3) is 0 Å². The van der Waals surface area contributed by atoms with Crippen LogP contribution in [0.4, 0.5) is 14.9 Å². The van der Waals surface area contributed by atoms with Crippen LogP contribution in [0.5, 0.6) is 0 Å². The lowest BCUT2D eigenvalue weighted by Crippen LogP contribution is -2.48.